The summed E-state index contributed by atoms with van der Waals surface area (Å²) in [4.78, 5) is 9.06. The fourth-order valence-electron chi connectivity index (χ4n) is 1.25. The zero-order chi connectivity index (χ0) is 13.4. The van der Waals surface area contributed by atoms with Gasteiger partial charge in [0.15, 0.2) is 12.4 Å². The summed E-state index contributed by atoms with van der Waals surface area (Å²) in [5.41, 5.74) is 0.549. The van der Waals surface area contributed by atoms with Gasteiger partial charge in [-0.3, -0.25) is 0 Å². The monoisotopic (exact) mass is 253 g/mol. The zero-order valence-electron chi connectivity index (χ0n) is 10.9. The fourth-order valence-corrected chi connectivity index (χ4v) is 1.25. The van der Waals surface area contributed by atoms with E-state index in [-0.39, 0.29) is 12.5 Å². The predicted molar refractivity (Wildman–Crippen MR) is 67.8 cm³/mol. The molecular weight excluding hydrogens is 234 g/mol. The number of hydrogen-bond acceptors (Lipinski definition) is 6. The highest BCUT2D eigenvalue weighted by Gasteiger charge is 2.08. The molecule has 0 atom stereocenters. The van der Waals surface area contributed by atoms with Crippen LogP contribution in [0.3, 0.4) is 0 Å². The highest BCUT2D eigenvalue weighted by Crippen LogP contribution is 2.00. The maximum Gasteiger partial charge on any atom is 0.170 e. The van der Waals surface area contributed by atoms with Crippen LogP contribution in [0.25, 0.3) is 0 Å². The van der Waals surface area contributed by atoms with Gasteiger partial charge in [-0.15, -0.1) is 0 Å². The molecule has 0 saturated carbocycles. The van der Waals surface area contributed by atoms with Crippen molar-refractivity contribution in [1.82, 2.24) is 14.8 Å². The lowest BCUT2D eigenvalue weighted by atomic mass is 10.1. The van der Waals surface area contributed by atoms with E-state index in [1.165, 1.54) is 6.33 Å². The normalized spacial score (nSPS) is 13.1. The molecule has 1 heterocycles. The van der Waals surface area contributed by atoms with Crippen molar-refractivity contribution in [3.63, 3.8) is 0 Å². The van der Waals surface area contributed by atoms with Crippen LogP contribution in [0.15, 0.2) is 23.0 Å². The van der Waals surface area contributed by atoms with E-state index in [9.17, 15) is 0 Å². The summed E-state index contributed by atoms with van der Waals surface area (Å²) in [6.45, 7) is 6.05. The van der Waals surface area contributed by atoms with Gasteiger partial charge in [-0.05, 0) is 12.3 Å². The standard InChI is InChI=1S/C11H19N5O2/c1-4-5-11(16-8-12-7-13-16)15-18-6-10(14-17)9(2)3/h7-9,17H,4-6H2,1-3H3. The summed E-state index contributed by atoms with van der Waals surface area (Å²) in [6, 6.07) is 0. The lowest BCUT2D eigenvalue weighted by Crippen LogP contribution is -2.17. The Kier molecular flexibility index (Phi) is 5.83. The van der Waals surface area contributed by atoms with Crippen LogP contribution in [-0.2, 0) is 4.84 Å². The first-order valence-corrected chi connectivity index (χ1v) is 5.93. The van der Waals surface area contributed by atoms with E-state index in [1.807, 2.05) is 20.8 Å². The molecule has 1 aromatic rings. The van der Waals surface area contributed by atoms with Gasteiger partial charge in [0.2, 0.25) is 0 Å². The minimum absolute atomic E-state index is 0.117. The Balaban J connectivity index is 2.62. The van der Waals surface area contributed by atoms with Gasteiger partial charge in [-0.25, -0.2) is 9.67 Å². The van der Waals surface area contributed by atoms with E-state index in [4.69, 9.17) is 10.0 Å². The van der Waals surface area contributed by atoms with Crippen LogP contribution in [0, 0.1) is 5.92 Å². The van der Waals surface area contributed by atoms with E-state index in [0.29, 0.717) is 11.5 Å². The van der Waals surface area contributed by atoms with Crippen LogP contribution in [0.5, 0.6) is 0 Å². The molecule has 0 unspecified atom stereocenters. The van der Waals surface area contributed by atoms with Crippen LogP contribution >= 0.6 is 0 Å². The molecule has 0 amide bonds. The minimum atomic E-state index is 0.117. The van der Waals surface area contributed by atoms with Gasteiger partial charge < -0.3 is 10.0 Å². The van der Waals surface area contributed by atoms with Gasteiger partial charge in [0.25, 0.3) is 0 Å². The molecule has 7 nitrogen and oxygen atoms in total. The fraction of sp³-hybridized carbons (Fsp3) is 0.636. The SMILES string of the molecule is CCCC(=NOCC(=NO)C(C)C)n1cncn1. The smallest absolute Gasteiger partial charge is 0.170 e. The molecule has 0 aliphatic carbocycles. The van der Waals surface area contributed by atoms with E-state index in [2.05, 4.69) is 20.4 Å². The molecular formula is C11H19N5O2. The van der Waals surface area contributed by atoms with E-state index >= 15 is 0 Å². The van der Waals surface area contributed by atoms with E-state index in [0.717, 1.165) is 12.8 Å². The molecule has 0 aromatic carbocycles. The number of oxime groups is 2. The lowest BCUT2D eigenvalue weighted by Gasteiger charge is -2.08. The molecule has 0 fully saturated rings. The molecule has 0 saturated heterocycles. The summed E-state index contributed by atoms with van der Waals surface area (Å²) in [6.07, 6.45) is 4.67. The van der Waals surface area contributed by atoms with Crippen molar-refractivity contribution in [2.24, 2.45) is 16.2 Å². The average molecular weight is 253 g/mol. The van der Waals surface area contributed by atoms with Crippen molar-refractivity contribution in [3.8, 4) is 0 Å². The first-order valence-electron chi connectivity index (χ1n) is 5.93. The van der Waals surface area contributed by atoms with Gasteiger partial charge in [0, 0.05) is 6.42 Å². The Morgan fingerprint density at radius 2 is 2.28 bits per heavy atom. The number of hydrogen-bond donors (Lipinski definition) is 1. The van der Waals surface area contributed by atoms with Crippen LogP contribution < -0.4 is 0 Å². The summed E-state index contributed by atoms with van der Waals surface area (Å²) in [5.74, 6) is 0.794. The average Bonchev–Trinajstić information content (AvgIpc) is 2.86. The Hall–Kier alpha value is -1.92. The Morgan fingerprint density at radius 3 is 2.78 bits per heavy atom. The molecule has 0 spiro atoms. The van der Waals surface area contributed by atoms with Gasteiger partial charge >= 0.3 is 0 Å². The molecule has 0 bridgehead atoms. The first kappa shape index (κ1) is 14.1. The quantitative estimate of drug-likeness (QED) is 0.362. The second kappa shape index (κ2) is 7.41. The van der Waals surface area contributed by atoms with Crippen molar-refractivity contribution < 1.29 is 10.0 Å². The first-order chi connectivity index (χ1) is 8.69. The Labute approximate surface area is 106 Å². The van der Waals surface area contributed by atoms with Gasteiger partial charge in [-0.1, -0.05) is 31.1 Å². The van der Waals surface area contributed by atoms with Gasteiger partial charge in [0.1, 0.15) is 12.7 Å². The van der Waals surface area contributed by atoms with Crippen molar-refractivity contribution in [1.29, 1.82) is 0 Å². The third-order valence-corrected chi connectivity index (χ3v) is 2.33. The van der Waals surface area contributed by atoms with Crippen molar-refractivity contribution in [3.05, 3.63) is 12.7 Å². The summed E-state index contributed by atoms with van der Waals surface area (Å²) >= 11 is 0. The number of nitrogens with zero attached hydrogens (tertiary/aromatic N) is 5. The van der Waals surface area contributed by atoms with Gasteiger partial charge in [0.05, 0.1) is 5.71 Å². The molecule has 100 valence electrons. The lowest BCUT2D eigenvalue weighted by molar-refractivity contribution is 0.175. The topological polar surface area (TPSA) is 84.9 Å². The second-order valence-electron chi connectivity index (χ2n) is 4.12. The largest absolute Gasteiger partial charge is 0.411 e. The van der Waals surface area contributed by atoms with Crippen LogP contribution in [-0.4, -0.2) is 38.1 Å². The molecule has 0 aliphatic heterocycles. The van der Waals surface area contributed by atoms with Crippen LogP contribution in [0.4, 0.5) is 0 Å². The molecule has 0 aliphatic rings. The molecule has 1 N–H and O–H groups in total. The molecule has 18 heavy (non-hydrogen) atoms. The molecule has 1 aromatic heterocycles. The van der Waals surface area contributed by atoms with E-state index in [1.54, 1.807) is 11.0 Å². The number of rotatable bonds is 6. The van der Waals surface area contributed by atoms with Crippen LogP contribution in [0.1, 0.15) is 33.6 Å². The predicted octanol–water partition coefficient (Wildman–Crippen LogP) is 1.74. The maximum atomic E-state index is 8.78. The van der Waals surface area contributed by atoms with Crippen molar-refractivity contribution >= 4 is 11.5 Å². The summed E-state index contributed by atoms with van der Waals surface area (Å²) < 4.78 is 1.56. The van der Waals surface area contributed by atoms with Crippen molar-refractivity contribution in [2.75, 3.05) is 6.61 Å². The molecule has 0 radical (unpaired) electrons. The zero-order valence-corrected chi connectivity index (χ0v) is 10.9. The second-order valence-corrected chi connectivity index (χ2v) is 4.12. The van der Waals surface area contributed by atoms with Gasteiger partial charge in [-0.2, -0.15) is 5.10 Å². The number of aromatic nitrogens is 3. The van der Waals surface area contributed by atoms with Crippen molar-refractivity contribution in [2.45, 2.75) is 33.6 Å². The summed E-state index contributed by atoms with van der Waals surface area (Å²) in [7, 11) is 0. The Bertz CT molecular complexity index is 398. The highest BCUT2D eigenvalue weighted by atomic mass is 16.6. The third-order valence-electron chi connectivity index (χ3n) is 2.33. The van der Waals surface area contributed by atoms with E-state index < -0.39 is 0 Å². The third kappa shape index (κ3) is 4.15. The highest BCUT2D eigenvalue weighted by molar-refractivity contribution is 5.87. The Morgan fingerprint density at radius 1 is 1.50 bits per heavy atom. The van der Waals surface area contributed by atoms with Crippen LogP contribution in [0.2, 0.25) is 0 Å². The maximum absolute atomic E-state index is 8.78. The minimum Gasteiger partial charge on any atom is -0.411 e. The molecule has 1 rings (SSSR count). The summed E-state index contributed by atoms with van der Waals surface area (Å²) in [5, 5.41) is 20.0. The molecule has 7 heteroatoms.